The van der Waals surface area contributed by atoms with E-state index in [0.717, 1.165) is 11.1 Å². The number of ether oxygens (including phenoxy) is 2. The number of amides is 2. The summed E-state index contributed by atoms with van der Waals surface area (Å²) in [5.41, 5.74) is 2.47. The van der Waals surface area contributed by atoms with Gasteiger partial charge in [-0.1, -0.05) is 24.3 Å². The summed E-state index contributed by atoms with van der Waals surface area (Å²) in [5.74, 6) is 0.456. The fraction of sp³-hybridized carbons (Fsp3) is 0.292. The van der Waals surface area contributed by atoms with Crippen molar-refractivity contribution >= 4 is 11.8 Å². The molecular weight excluding hydrogens is 408 g/mol. The molecule has 8 nitrogen and oxygen atoms in total. The summed E-state index contributed by atoms with van der Waals surface area (Å²) < 4.78 is 12.9. The van der Waals surface area contributed by atoms with Crippen LogP contribution < -0.4 is 20.1 Å². The predicted octanol–water partition coefficient (Wildman–Crippen LogP) is 2.78. The average molecular weight is 437 g/mol. The number of aromatic nitrogens is 2. The van der Waals surface area contributed by atoms with Crippen LogP contribution in [-0.4, -0.2) is 41.4 Å². The summed E-state index contributed by atoms with van der Waals surface area (Å²) in [6.45, 7) is 5.61. The summed E-state index contributed by atoms with van der Waals surface area (Å²) in [4.78, 5) is 24.7. The Morgan fingerprint density at radius 1 is 0.938 bits per heavy atom. The van der Waals surface area contributed by atoms with Crippen LogP contribution >= 0.6 is 0 Å². The number of carbonyl (C=O) groups is 2. The number of hydrogen-bond acceptors (Lipinski definition) is 5. The van der Waals surface area contributed by atoms with E-state index >= 15 is 0 Å². The van der Waals surface area contributed by atoms with Crippen LogP contribution in [0.15, 0.2) is 60.9 Å². The van der Waals surface area contributed by atoms with Crippen LogP contribution in [0.3, 0.4) is 0 Å². The number of rotatable bonds is 11. The number of carbonyl (C=O) groups excluding carboxylic acids is 2. The van der Waals surface area contributed by atoms with Gasteiger partial charge in [-0.3, -0.25) is 14.3 Å². The average Bonchev–Trinajstić information content (AvgIpc) is 3.31. The molecule has 0 bridgehead atoms. The van der Waals surface area contributed by atoms with Gasteiger partial charge in [0.2, 0.25) is 5.91 Å². The van der Waals surface area contributed by atoms with Crippen molar-refractivity contribution in [3.05, 3.63) is 77.6 Å². The molecule has 0 saturated heterocycles. The number of benzene rings is 2. The van der Waals surface area contributed by atoms with E-state index in [0.29, 0.717) is 43.4 Å². The Kier molecular flexibility index (Phi) is 8.25. The van der Waals surface area contributed by atoms with E-state index in [1.165, 1.54) is 0 Å². The molecule has 2 N–H and O–H groups in total. The molecule has 2 amide bonds. The van der Waals surface area contributed by atoms with Gasteiger partial charge in [0.05, 0.1) is 26.3 Å². The predicted molar refractivity (Wildman–Crippen MR) is 121 cm³/mol. The topological polar surface area (TPSA) is 94.5 Å². The molecule has 1 aromatic heterocycles. The van der Waals surface area contributed by atoms with Gasteiger partial charge in [-0.15, -0.1) is 0 Å². The second-order valence-corrected chi connectivity index (χ2v) is 7.01. The second kappa shape index (κ2) is 11.5. The lowest BCUT2D eigenvalue weighted by atomic mass is 10.1. The van der Waals surface area contributed by atoms with Crippen molar-refractivity contribution in [3.8, 4) is 11.5 Å². The van der Waals surface area contributed by atoms with Crippen LogP contribution in [0.25, 0.3) is 0 Å². The van der Waals surface area contributed by atoms with Gasteiger partial charge in [0.1, 0.15) is 0 Å². The van der Waals surface area contributed by atoms with Crippen LogP contribution in [0, 0.1) is 0 Å². The molecule has 0 aliphatic heterocycles. The van der Waals surface area contributed by atoms with E-state index in [4.69, 9.17) is 9.47 Å². The van der Waals surface area contributed by atoms with Gasteiger partial charge >= 0.3 is 0 Å². The maximum Gasteiger partial charge on any atom is 0.251 e. The van der Waals surface area contributed by atoms with Crippen molar-refractivity contribution in [1.82, 2.24) is 20.4 Å². The zero-order chi connectivity index (χ0) is 22.8. The van der Waals surface area contributed by atoms with Crippen LogP contribution in [-0.2, 0) is 17.9 Å². The van der Waals surface area contributed by atoms with Crippen LogP contribution in [0.1, 0.15) is 35.3 Å². The molecule has 32 heavy (non-hydrogen) atoms. The number of nitrogens with zero attached hydrogens (tertiary/aromatic N) is 2. The van der Waals surface area contributed by atoms with E-state index in [1.807, 2.05) is 55.1 Å². The lowest BCUT2D eigenvalue weighted by Gasteiger charge is -2.12. The molecule has 0 radical (unpaired) electrons. The standard InChI is InChI=1S/C24H28N4O4/c1-3-31-21-10-9-20(14-22(21)32-4-2)24(30)26-16-23(29)25-15-18-7-5-8-19(13-18)17-28-12-6-11-27-28/h5-14H,3-4,15-17H2,1-2H3,(H,25,29)(H,26,30). The summed E-state index contributed by atoms with van der Waals surface area (Å²) in [6, 6.07) is 14.8. The molecule has 3 rings (SSSR count). The molecule has 0 spiro atoms. The second-order valence-electron chi connectivity index (χ2n) is 7.01. The molecule has 3 aromatic rings. The molecule has 0 unspecified atom stereocenters. The smallest absolute Gasteiger partial charge is 0.251 e. The normalized spacial score (nSPS) is 10.4. The Labute approximate surface area is 187 Å². The SMILES string of the molecule is CCOc1ccc(C(=O)NCC(=O)NCc2cccc(Cn3cccn3)c2)cc1OCC. The highest BCUT2D eigenvalue weighted by Crippen LogP contribution is 2.28. The molecule has 1 heterocycles. The summed E-state index contributed by atoms with van der Waals surface area (Å²) in [7, 11) is 0. The van der Waals surface area contributed by atoms with Gasteiger partial charge < -0.3 is 20.1 Å². The minimum atomic E-state index is -0.356. The Morgan fingerprint density at radius 2 is 1.72 bits per heavy atom. The lowest BCUT2D eigenvalue weighted by Crippen LogP contribution is -2.36. The maximum atomic E-state index is 12.4. The molecule has 8 heteroatoms. The zero-order valence-electron chi connectivity index (χ0n) is 18.3. The number of nitrogens with one attached hydrogen (secondary N) is 2. The van der Waals surface area contributed by atoms with Crippen LogP contribution in [0.5, 0.6) is 11.5 Å². The monoisotopic (exact) mass is 436 g/mol. The van der Waals surface area contributed by atoms with E-state index in [1.54, 1.807) is 24.4 Å². The Balaban J connectivity index is 1.49. The van der Waals surface area contributed by atoms with Crippen molar-refractivity contribution in [3.63, 3.8) is 0 Å². The van der Waals surface area contributed by atoms with Crippen LogP contribution in [0.4, 0.5) is 0 Å². The van der Waals surface area contributed by atoms with Crippen molar-refractivity contribution in [2.75, 3.05) is 19.8 Å². The first-order valence-electron chi connectivity index (χ1n) is 10.6. The van der Waals surface area contributed by atoms with Gasteiger partial charge in [-0.25, -0.2) is 0 Å². The fourth-order valence-corrected chi connectivity index (χ4v) is 3.14. The van der Waals surface area contributed by atoms with E-state index in [9.17, 15) is 9.59 Å². The third kappa shape index (κ3) is 6.60. The Hall–Kier alpha value is -3.81. The molecule has 0 saturated carbocycles. The number of hydrogen-bond donors (Lipinski definition) is 2. The van der Waals surface area contributed by atoms with Crippen molar-refractivity contribution in [2.24, 2.45) is 0 Å². The minimum Gasteiger partial charge on any atom is -0.490 e. The molecule has 0 aliphatic carbocycles. The first-order chi connectivity index (χ1) is 15.6. The molecule has 0 fully saturated rings. The first-order valence-corrected chi connectivity index (χ1v) is 10.6. The van der Waals surface area contributed by atoms with Gasteiger partial charge in [0.15, 0.2) is 11.5 Å². The highest BCUT2D eigenvalue weighted by atomic mass is 16.5. The summed E-state index contributed by atoms with van der Waals surface area (Å²) in [6.07, 6.45) is 3.64. The maximum absolute atomic E-state index is 12.4. The van der Waals surface area contributed by atoms with Crippen molar-refractivity contribution in [2.45, 2.75) is 26.9 Å². The highest BCUT2D eigenvalue weighted by molar-refractivity contribution is 5.97. The van der Waals surface area contributed by atoms with Gasteiger partial charge in [0.25, 0.3) is 5.91 Å². The molecule has 168 valence electrons. The summed E-state index contributed by atoms with van der Waals surface area (Å²) in [5, 5.41) is 9.67. The first kappa shape index (κ1) is 22.9. The van der Waals surface area contributed by atoms with Gasteiger partial charge in [-0.05, 0) is 49.2 Å². The van der Waals surface area contributed by atoms with E-state index in [2.05, 4.69) is 15.7 Å². The van der Waals surface area contributed by atoms with Crippen LogP contribution in [0.2, 0.25) is 0 Å². The quantitative estimate of drug-likeness (QED) is 0.482. The molecule has 0 aliphatic rings. The van der Waals surface area contributed by atoms with Gasteiger partial charge in [-0.2, -0.15) is 5.10 Å². The molecular formula is C24H28N4O4. The minimum absolute atomic E-state index is 0.122. The third-order valence-electron chi connectivity index (χ3n) is 4.60. The zero-order valence-corrected chi connectivity index (χ0v) is 18.3. The largest absolute Gasteiger partial charge is 0.490 e. The van der Waals surface area contributed by atoms with E-state index in [-0.39, 0.29) is 18.4 Å². The van der Waals surface area contributed by atoms with E-state index < -0.39 is 0 Å². The Bertz CT molecular complexity index is 1030. The van der Waals surface area contributed by atoms with Gasteiger partial charge in [0, 0.05) is 24.5 Å². The lowest BCUT2D eigenvalue weighted by molar-refractivity contribution is -0.120. The fourth-order valence-electron chi connectivity index (χ4n) is 3.14. The van der Waals surface area contributed by atoms with Crippen molar-refractivity contribution in [1.29, 1.82) is 0 Å². The van der Waals surface area contributed by atoms with Crippen molar-refractivity contribution < 1.29 is 19.1 Å². The highest BCUT2D eigenvalue weighted by Gasteiger charge is 2.12. The molecule has 2 aromatic carbocycles. The summed E-state index contributed by atoms with van der Waals surface area (Å²) >= 11 is 0. The Morgan fingerprint density at radius 3 is 2.47 bits per heavy atom. The third-order valence-corrected chi connectivity index (χ3v) is 4.60. The molecule has 0 atom stereocenters.